The van der Waals surface area contributed by atoms with Crippen molar-refractivity contribution in [1.29, 1.82) is 0 Å². The third-order valence-corrected chi connectivity index (χ3v) is 5.24. The van der Waals surface area contributed by atoms with E-state index in [2.05, 4.69) is 20.8 Å². The van der Waals surface area contributed by atoms with Gasteiger partial charge in [0.15, 0.2) is 5.11 Å². The highest BCUT2D eigenvalue weighted by Gasteiger charge is 2.11. The van der Waals surface area contributed by atoms with Crippen molar-refractivity contribution in [3.05, 3.63) is 72.3 Å². The summed E-state index contributed by atoms with van der Waals surface area (Å²) in [6, 6.07) is 20.5. The summed E-state index contributed by atoms with van der Waals surface area (Å²) in [6.45, 7) is 2.63. The van der Waals surface area contributed by atoms with Gasteiger partial charge in [0.1, 0.15) is 16.8 Å². The molecular weight excluding hydrogens is 448 g/mol. The van der Waals surface area contributed by atoms with E-state index in [0.29, 0.717) is 29.1 Å². The lowest BCUT2D eigenvalue weighted by Crippen LogP contribution is -2.34. The van der Waals surface area contributed by atoms with Crippen LogP contribution in [0.2, 0.25) is 0 Å². The standard InChI is InChI=1S/C25H26N6O2S/c1-4-14-33-21-7-5-6-17(15-21)24(32)27-25(34)26-18-8-13-22-23(16-18)29-31(28-22)20-11-9-19(10-12-20)30(2)3/h5-13,15-16H,4,14H2,1-3H3,(H2,26,27,32,34). The van der Waals surface area contributed by atoms with E-state index in [1.807, 2.05) is 74.4 Å². The highest BCUT2D eigenvalue weighted by Crippen LogP contribution is 2.19. The molecule has 0 fully saturated rings. The number of aromatic nitrogens is 3. The molecule has 1 amide bonds. The number of amides is 1. The number of rotatable bonds is 7. The van der Waals surface area contributed by atoms with Gasteiger partial charge in [-0.2, -0.15) is 4.80 Å². The highest BCUT2D eigenvalue weighted by molar-refractivity contribution is 7.80. The molecule has 4 aromatic rings. The molecule has 8 nitrogen and oxygen atoms in total. The molecule has 0 saturated carbocycles. The van der Waals surface area contributed by atoms with Crippen LogP contribution in [0.1, 0.15) is 23.7 Å². The molecule has 0 aliphatic carbocycles. The minimum atomic E-state index is -0.312. The fraction of sp³-hybridized carbons (Fsp3) is 0.200. The largest absolute Gasteiger partial charge is 0.494 e. The van der Waals surface area contributed by atoms with E-state index in [4.69, 9.17) is 17.0 Å². The summed E-state index contributed by atoms with van der Waals surface area (Å²) >= 11 is 5.33. The first kappa shape index (κ1) is 23.2. The Morgan fingerprint density at radius 3 is 2.53 bits per heavy atom. The number of nitrogens with zero attached hydrogens (tertiary/aromatic N) is 4. The molecule has 0 aliphatic rings. The summed E-state index contributed by atoms with van der Waals surface area (Å²) in [4.78, 5) is 16.2. The minimum absolute atomic E-state index is 0.191. The van der Waals surface area contributed by atoms with Crippen LogP contribution in [0.5, 0.6) is 5.75 Å². The predicted octanol–water partition coefficient (Wildman–Crippen LogP) is 4.40. The molecule has 0 aliphatic heterocycles. The Bertz CT molecular complexity index is 1320. The van der Waals surface area contributed by atoms with Crippen molar-refractivity contribution in [1.82, 2.24) is 20.3 Å². The summed E-state index contributed by atoms with van der Waals surface area (Å²) in [5.41, 5.74) is 4.59. The van der Waals surface area contributed by atoms with Gasteiger partial charge in [0.25, 0.3) is 5.91 Å². The van der Waals surface area contributed by atoms with Gasteiger partial charge in [-0.25, -0.2) is 0 Å². The second-order valence-corrected chi connectivity index (χ2v) is 8.30. The Kier molecular flexibility index (Phi) is 7.03. The molecule has 0 spiro atoms. The van der Waals surface area contributed by atoms with Crippen molar-refractivity contribution in [2.45, 2.75) is 13.3 Å². The highest BCUT2D eigenvalue weighted by atomic mass is 32.1. The first-order valence-electron chi connectivity index (χ1n) is 10.9. The average molecular weight is 475 g/mol. The van der Waals surface area contributed by atoms with Crippen molar-refractivity contribution in [2.24, 2.45) is 0 Å². The number of carbonyl (C=O) groups is 1. The lowest BCUT2D eigenvalue weighted by Gasteiger charge is -2.12. The first-order chi connectivity index (χ1) is 16.4. The fourth-order valence-electron chi connectivity index (χ4n) is 3.28. The maximum Gasteiger partial charge on any atom is 0.257 e. The molecule has 34 heavy (non-hydrogen) atoms. The zero-order valence-electron chi connectivity index (χ0n) is 19.3. The number of nitrogens with one attached hydrogen (secondary N) is 2. The van der Waals surface area contributed by atoms with Crippen LogP contribution in [0.15, 0.2) is 66.7 Å². The number of ether oxygens (including phenoxy) is 1. The molecule has 2 N–H and O–H groups in total. The van der Waals surface area contributed by atoms with Gasteiger partial charge in [0.2, 0.25) is 0 Å². The van der Waals surface area contributed by atoms with Gasteiger partial charge in [-0.15, -0.1) is 10.2 Å². The van der Waals surface area contributed by atoms with Crippen molar-refractivity contribution >= 4 is 45.6 Å². The summed E-state index contributed by atoms with van der Waals surface area (Å²) in [7, 11) is 3.99. The molecule has 0 radical (unpaired) electrons. The van der Waals surface area contributed by atoms with Gasteiger partial charge in [0.05, 0.1) is 12.3 Å². The van der Waals surface area contributed by atoms with Crippen LogP contribution in [0.25, 0.3) is 16.7 Å². The molecule has 3 aromatic carbocycles. The van der Waals surface area contributed by atoms with E-state index >= 15 is 0 Å². The van der Waals surface area contributed by atoms with Crippen LogP contribution >= 0.6 is 12.2 Å². The Morgan fingerprint density at radius 2 is 1.79 bits per heavy atom. The van der Waals surface area contributed by atoms with Gasteiger partial charge < -0.3 is 15.0 Å². The second kappa shape index (κ2) is 10.3. The number of hydrogen-bond acceptors (Lipinski definition) is 6. The number of benzene rings is 3. The normalized spacial score (nSPS) is 10.7. The van der Waals surface area contributed by atoms with E-state index in [1.54, 1.807) is 23.0 Å². The first-order valence-corrected chi connectivity index (χ1v) is 11.3. The Labute approximate surface area is 203 Å². The lowest BCUT2D eigenvalue weighted by atomic mass is 10.2. The summed E-state index contributed by atoms with van der Waals surface area (Å²) in [5.74, 6) is 0.339. The molecule has 0 unspecified atom stereocenters. The maximum atomic E-state index is 12.6. The number of fused-ring (bicyclic) bond motifs is 1. The summed E-state index contributed by atoms with van der Waals surface area (Å²) in [6.07, 6.45) is 0.894. The third-order valence-electron chi connectivity index (χ3n) is 5.03. The van der Waals surface area contributed by atoms with Crippen LogP contribution in [-0.4, -0.2) is 46.7 Å². The molecule has 1 heterocycles. The molecular formula is C25H26N6O2S. The van der Waals surface area contributed by atoms with Crippen LogP contribution in [0.4, 0.5) is 11.4 Å². The molecule has 0 atom stereocenters. The zero-order valence-corrected chi connectivity index (χ0v) is 20.1. The minimum Gasteiger partial charge on any atom is -0.494 e. The fourth-order valence-corrected chi connectivity index (χ4v) is 3.49. The Hall–Kier alpha value is -3.98. The molecule has 174 valence electrons. The van der Waals surface area contributed by atoms with Crippen LogP contribution in [0, 0.1) is 0 Å². The Balaban J connectivity index is 1.43. The van der Waals surface area contributed by atoms with Crippen molar-refractivity contribution in [3.63, 3.8) is 0 Å². The van der Waals surface area contributed by atoms with E-state index < -0.39 is 0 Å². The second-order valence-electron chi connectivity index (χ2n) is 7.89. The number of hydrogen-bond donors (Lipinski definition) is 2. The maximum absolute atomic E-state index is 12.6. The topological polar surface area (TPSA) is 84.3 Å². The summed E-state index contributed by atoms with van der Waals surface area (Å²) < 4.78 is 5.59. The number of thiocarbonyl (C=S) groups is 1. The van der Waals surface area contributed by atoms with Crippen molar-refractivity contribution < 1.29 is 9.53 Å². The van der Waals surface area contributed by atoms with Crippen LogP contribution in [0.3, 0.4) is 0 Å². The molecule has 9 heteroatoms. The van der Waals surface area contributed by atoms with Gasteiger partial charge in [-0.3, -0.25) is 10.1 Å². The van der Waals surface area contributed by atoms with Crippen LogP contribution < -0.4 is 20.3 Å². The number of anilines is 2. The molecule has 0 bridgehead atoms. The quantitative estimate of drug-likeness (QED) is 0.384. The van der Waals surface area contributed by atoms with Gasteiger partial charge in [0, 0.05) is 31.0 Å². The smallest absolute Gasteiger partial charge is 0.257 e. The van der Waals surface area contributed by atoms with Crippen LogP contribution in [-0.2, 0) is 0 Å². The monoisotopic (exact) mass is 474 g/mol. The van der Waals surface area contributed by atoms with Crippen molar-refractivity contribution in [3.8, 4) is 11.4 Å². The molecule has 4 rings (SSSR count). The van der Waals surface area contributed by atoms with E-state index in [1.165, 1.54) is 0 Å². The zero-order chi connectivity index (χ0) is 24.1. The van der Waals surface area contributed by atoms with E-state index in [-0.39, 0.29) is 11.0 Å². The molecule has 1 aromatic heterocycles. The van der Waals surface area contributed by atoms with Gasteiger partial charge in [-0.05, 0) is 79.3 Å². The van der Waals surface area contributed by atoms with Gasteiger partial charge >= 0.3 is 0 Å². The van der Waals surface area contributed by atoms with Crippen molar-refractivity contribution in [2.75, 3.05) is 30.9 Å². The molecule has 0 saturated heterocycles. The third kappa shape index (κ3) is 5.49. The SMILES string of the molecule is CCCOc1cccc(C(=O)NC(=S)Nc2ccc3nn(-c4ccc(N(C)C)cc4)nc3c2)c1. The summed E-state index contributed by atoms with van der Waals surface area (Å²) in [5, 5.41) is 15.1. The van der Waals surface area contributed by atoms with E-state index in [9.17, 15) is 4.79 Å². The Morgan fingerprint density at radius 1 is 1.03 bits per heavy atom. The van der Waals surface area contributed by atoms with E-state index in [0.717, 1.165) is 23.3 Å². The number of carbonyl (C=O) groups excluding carboxylic acids is 1. The lowest BCUT2D eigenvalue weighted by molar-refractivity contribution is 0.0977. The van der Waals surface area contributed by atoms with Gasteiger partial charge in [-0.1, -0.05) is 13.0 Å². The predicted molar refractivity (Wildman–Crippen MR) is 139 cm³/mol. The average Bonchev–Trinajstić information content (AvgIpc) is 3.26.